The molecule has 0 saturated heterocycles. The average molecular weight is 215 g/mol. The van der Waals surface area contributed by atoms with Gasteiger partial charge in [-0.25, -0.2) is 0 Å². The van der Waals surface area contributed by atoms with Crippen molar-refractivity contribution in [3.63, 3.8) is 0 Å². The average Bonchev–Trinajstić information content (AvgIpc) is 2.33. The molecule has 11 heavy (non-hydrogen) atoms. The van der Waals surface area contributed by atoms with Crippen LogP contribution in [0.1, 0.15) is 5.69 Å². The number of fused-ring (bicyclic) bond motifs is 1. The Balaban J connectivity index is 2.45. The Labute approximate surface area is 72.5 Å². The minimum atomic E-state index is 0.0781. The molecular weight excluding hydrogens is 208 g/mol. The van der Waals surface area contributed by atoms with Crippen LogP contribution in [0.3, 0.4) is 0 Å². The molecule has 0 unspecified atom stereocenters. The molecule has 0 aliphatic carbocycles. The molecule has 0 spiro atoms. The van der Waals surface area contributed by atoms with Crippen molar-refractivity contribution in [3.05, 3.63) is 22.4 Å². The van der Waals surface area contributed by atoms with Crippen LogP contribution >= 0.6 is 15.9 Å². The molecule has 0 fully saturated rings. The van der Waals surface area contributed by atoms with E-state index in [0.29, 0.717) is 13.1 Å². The molecule has 58 valence electrons. The number of amides is 1. The van der Waals surface area contributed by atoms with Gasteiger partial charge in [0.2, 0.25) is 5.91 Å². The fraction of sp³-hybridized carbons (Fsp3) is 0.286. The van der Waals surface area contributed by atoms with Crippen LogP contribution in [0.4, 0.5) is 0 Å². The number of hydrogen-bond donors (Lipinski definition) is 1. The fourth-order valence-electron chi connectivity index (χ4n) is 1.20. The highest BCUT2D eigenvalue weighted by Crippen LogP contribution is 2.17. The van der Waals surface area contributed by atoms with E-state index >= 15 is 0 Å². The van der Waals surface area contributed by atoms with Gasteiger partial charge in [-0.2, -0.15) is 0 Å². The zero-order valence-corrected chi connectivity index (χ0v) is 7.39. The van der Waals surface area contributed by atoms with Gasteiger partial charge in [-0.15, -0.1) is 0 Å². The lowest BCUT2D eigenvalue weighted by Crippen LogP contribution is -2.33. The zero-order valence-electron chi connectivity index (χ0n) is 5.80. The van der Waals surface area contributed by atoms with Gasteiger partial charge in [0, 0.05) is 5.69 Å². The summed E-state index contributed by atoms with van der Waals surface area (Å²) in [5.74, 6) is 0.0781. The first-order chi connectivity index (χ1) is 5.27. The summed E-state index contributed by atoms with van der Waals surface area (Å²) in [6.45, 7) is 1.08. The highest BCUT2D eigenvalue weighted by Gasteiger charge is 2.15. The molecule has 2 rings (SSSR count). The van der Waals surface area contributed by atoms with E-state index in [1.807, 2.05) is 16.7 Å². The Bertz CT molecular complexity index is 305. The van der Waals surface area contributed by atoms with Crippen LogP contribution in [0.25, 0.3) is 0 Å². The van der Waals surface area contributed by atoms with Gasteiger partial charge in [0.05, 0.1) is 11.1 Å². The lowest BCUT2D eigenvalue weighted by atomic mass is 10.3. The van der Waals surface area contributed by atoms with E-state index in [4.69, 9.17) is 0 Å². The molecule has 2 heterocycles. The summed E-state index contributed by atoms with van der Waals surface area (Å²) in [6, 6.07) is 3.96. The highest BCUT2D eigenvalue weighted by atomic mass is 79.9. The molecule has 3 nitrogen and oxygen atoms in total. The minimum Gasteiger partial charge on any atom is -0.349 e. The van der Waals surface area contributed by atoms with E-state index < -0.39 is 0 Å². The molecule has 0 saturated carbocycles. The SMILES string of the molecule is O=C1Cn2c(Br)ccc2CN1. The quantitative estimate of drug-likeness (QED) is 0.684. The normalized spacial score (nSPS) is 15.9. The van der Waals surface area contributed by atoms with Crippen molar-refractivity contribution >= 4 is 21.8 Å². The molecule has 1 aliphatic rings. The Morgan fingerprint density at radius 2 is 2.36 bits per heavy atom. The van der Waals surface area contributed by atoms with E-state index in [0.717, 1.165) is 10.3 Å². The second kappa shape index (κ2) is 2.37. The molecule has 1 aromatic heterocycles. The number of nitrogens with one attached hydrogen (secondary N) is 1. The van der Waals surface area contributed by atoms with Crippen molar-refractivity contribution < 1.29 is 4.79 Å². The largest absolute Gasteiger partial charge is 0.349 e. The topological polar surface area (TPSA) is 34.0 Å². The zero-order chi connectivity index (χ0) is 7.84. The van der Waals surface area contributed by atoms with Gasteiger partial charge in [-0.3, -0.25) is 4.79 Å². The van der Waals surface area contributed by atoms with Crippen molar-refractivity contribution in [1.29, 1.82) is 0 Å². The first-order valence-electron chi connectivity index (χ1n) is 3.38. The number of halogens is 1. The van der Waals surface area contributed by atoms with E-state index in [1.54, 1.807) is 0 Å². The summed E-state index contributed by atoms with van der Waals surface area (Å²) in [5, 5.41) is 2.77. The monoisotopic (exact) mass is 214 g/mol. The standard InChI is InChI=1S/C7H7BrN2O/c8-6-2-1-5-3-9-7(11)4-10(5)6/h1-2H,3-4H2,(H,9,11). The third-order valence-corrected chi connectivity index (χ3v) is 2.48. The van der Waals surface area contributed by atoms with Crippen molar-refractivity contribution in [2.24, 2.45) is 0 Å². The maximum atomic E-state index is 10.9. The number of carbonyl (C=O) groups excluding carboxylic acids is 1. The Morgan fingerprint density at radius 1 is 1.55 bits per heavy atom. The van der Waals surface area contributed by atoms with Gasteiger partial charge in [-0.1, -0.05) is 0 Å². The van der Waals surface area contributed by atoms with Crippen LogP contribution in [-0.4, -0.2) is 10.5 Å². The Hall–Kier alpha value is -0.770. The summed E-state index contributed by atoms with van der Waals surface area (Å²) >= 11 is 3.36. The third kappa shape index (κ3) is 1.07. The lowest BCUT2D eigenvalue weighted by Gasteiger charge is -2.16. The first-order valence-corrected chi connectivity index (χ1v) is 4.17. The molecule has 0 bridgehead atoms. The number of hydrogen-bond acceptors (Lipinski definition) is 1. The maximum absolute atomic E-state index is 10.9. The number of carbonyl (C=O) groups is 1. The number of rotatable bonds is 0. The van der Waals surface area contributed by atoms with Crippen molar-refractivity contribution in [2.45, 2.75) is 13.1 Å². The predicted octanol–water partition coefficient (Wildman–Crippen LogP) is 0.880. The second-order valence-corrected chi connectivity index (χ2v) is 3.32. The van der Waals surface area contributed by atoms with Crippen LogP contribution in [0.15, 0.2) is 16.7 Å². The van der Waals surface area contributed by atoms with Gasteiger partial charge < -0.3 is 9.88 Å². The molecule has 0 radical (unpaired) electrons. The Morgan fingerprint density at radius 3 is 3.18 bits per heavy atom. The molecule has 0 atom stereocenters. The van der Waals surface area contributed by atoms with Crippen molar-refractivity contribution in [2.75, 3.05) is 0 Å². The minimum absolute atomic E-state index is 0.0781. The van der Waals surface area contributed by atoms with Crippen LogP contribution in [-0.2, 0) is 17.9 Å². The van der Waals surface area contributed by atoms with Crippen LogP contribution < -0.4 is 5.32 Å². The molecule has 1 aliphatic heterocycles. The van der Waals surface area contributed by atoms with Crippen LogP contribution in [0, 0.1) is 0 Å². The third-order valence-electron chi connectivity index (χ3n) is 1.79. The molecular formula is C7H7BrN2O. The maximum Gasteiger partial charge on any atom is 0.240 e. The Kier molecular flexibility index (Phi) is 1.49. The van der Waals surface area contributed by atoms with E-state index in [-0.39, 0.29) is 5.91 Å². The van der Waals surface area contributed by atoms with Gasteiger partial charge in [0.15, 0.2) is 0 Å². The second-order valence-electron chi connectivity index (χ2n) is 2.51. The summed E-state index contributed by atoms with van der Waals surface area (Å²) in [7, 11) is 0. The van der Waals surface area contributed by atoms with Gasteiger partial charge >= 0.3 is 0 Å². The summed E-state index contributed by atoms with van der Waals surface area (Å²) < 4.78 is 2.93. The van der Waals surface area contributed by atoms with E-state index in [9.17, 15) is 4.79 Å². The summed E-state index contributed by atoms with van der Waals surface area (Å²) in [5.41, 5.74) is 1.15. The summed E-state index contributed by atoms with van der Waals surface area (Å²) in [4.78, 5) is 10.9. The van der Waals surface area contributed by atoms with Crippen LogP contribution in [0.2, 0.25) is 0 Å². The van der Waals surface area contributed by atoms with Crippen LogP contribution in [0.5, 0.6) is 0 Å². The summed E-state index contributed by atoms with van der Waals surface area (Å²) in [6.07, 6.45) is 0. The molecule has 4 heteroatoms. The number of aromatic nitrogens is 1. The lowest BCUT2D eigenvalue weighted by molar-refractivity contribution is -0.122. The molecule has 1 aromatic rings. The smallest absolute Gasteiger partial charge is 0.240 e. The molecule has 0 aromatic carbocycles. The predicted molar refractivity (Wildman–Crippen MR) is 44.0 cm³/mol. The highest BCUT2D eigenvalue weighted by molar-refractivity contribution is 9.10. The van der Waals surface area contributed by atoms with Gasteiger partial charge in [0.1, 0.15) is 6.54 Å². The van der Waals surface area contributed by atoms with E-state index in [2.05, 4.69) is 21.2 Å². The number of nitrogens with zero attached hydrogens (tertiary/aromatic N) is 1. The van der Waals surface area contributed by atoms with Crippen molar-refractivity contribution in [1.82, 2.24) is 9.88 Å². The fourth-order valence-corrected chi connectivity index (χ4v) is 1.69. The van der Waals surface area contributed by atoms with Crippen molar-refractivity contribution in [3.8, 4) is 0 Å². The van der Waals surface area contributed by atoms with Gasteiger partial charge in [-0.05, 0) is 28.1 Å². The molecule has 1 N–H and O–H groups in total. The molecule has 1 amide bonds. The van der Waals surface area contributed by atoms with E-state index in [1.165, 1.54) is 0 Å². The van der Waals surface area contributed by atoms with Gasteiger partial charge in [0.25, 0.3) is 0 Å². The first kappa shape index (κ1) is 6.91.